The van der Waals surface area contributed by atoms with Crippen molar-refractivity contribution in [3.05, 3.63) is 35.9 Å². The number of carbonyl (C=O) groups is 2. The second-order valence-electron chi connectivity index (χ2n) is 9.87. The highest BCUT2D eigenvalue weighted by Crippen LogP contribution is 2.39. The van der Waals surface area contributed by atoms with Crippen molar-refractivity contribution >= 4 is 17.6 Å². The highest BCUT2D eigenvalue weighted by Gasteiger charge is 2.33. The Bertz CT molecular complexity index is 846. The maximum atomic E-state index is 12.9. The van der Waals surface area contributed by atoms with Crippen LogP contribution in [0.1, 0.15) is 33.6 Å². The quantitative estimate of drug-likeness (QED) is 0.612. The van der Waals surface area contributed by atoms with Crippen LogP contribution in [0.2, 0.25) is 0 Å². The number of nitrogens with zero attached hydrogens (tertiary/aromatic N) is 2. The third-order valence-electron chi connectivity index (χ3n) is 7.19. The molecule has 2 aliphatic rings. The molecule has 33 heavy (non-hydrogen) atoms. The van der Waals surface area contributed by atoms with Gasteiger partial charge in [0.15, 0.2) is 0 Å². The molecule has 0 radical (unpaired) electrons. The smallest absolute Gasteiger partial charge is 0.319 e. The van der Waals surface area contributed by atoms with Gasteiger partial charge < -0.3 is 25.2 Å². The van der Waals surface area contributed by atoms with Crippen LogP contribution < -0.4 is 15.4 Å². The van der Waals surface area contributed by atoms with E-state index in [1.165, 1.54) is 5.57 Å². The van der Waals surface area contributed by atoms with Gasteiger partial charge in [-0.05, 0) is 56.2 Å². The number of piperazine rings is 1. The fraction of sp³-hybridized carbons (Fsp3) is 0.615. The molecular weight excluding hydrogens is 416 g/mol. The molecule has 0 saturated carbocycles. The third-order valence-corrected chi connectivity index (χ3v) is 7.19. The minimum absolute atomic E-state index is 0.218. The van der Waals surface area contributed by atoms with Crippen LogP contribution in [0.25, 0.3) is 0 Å². The lowest BCUT2D eigenvalue weighted by Gasteiger charge is -2.38. The third kappa shape index (κ3) is 6.97. The van der Waals surface area contributed by atoms with Crippen molar-refractivity contribution in [2.45, 2.75) is 33.6 Å². The topological polar surface area (TPSA) is 73.9 Å². The number of hydrogen-bond donors (Lipinski definition) is 2. The average molecular weight is 457 g/mol. The zero-order valence-corrected chi connectivity index (χ0v) is 20.8. The lowest BCUT2D eigenvalue weighted by Crippen LogP contribution is -2.47. The number of urea groups is 1. The van der Waals surface area contributed by atoms with Gasteiger partial charge in [0, 0.05) is 50.9 Å². The Balaban J connectivity index is 1.57. The van der Waals surface area contributed by atoms with Gasteiger partial charge >= 0.3 is 6.03 Å². The molecule has 7 heteroatoms. The van der Waals surface area contributed by atoms with E-state index in [0.717, 1.165) is 32.6 Å². The van der Waals surface area contributed by atoms with Crippen LogP contribution in [-0.4, -0.2) is 68.6 Å². The summed E-state index contributed by atoms with van der Waals surface area (Å²) in [5, 5.41) is 5.92. The van der Waals surface area contributed by atoms with Gasteiger partial charge in [-0.25, -0.2) is 4.79 Å². The Morgan fingerprint density at radius 1 is 1.18 bits per heavy atom. The second-order valence-corrected chi connectivity index (χ2v) is 9.87. The summed E-state index contributed by atoms with van der Waals surface area (Å²) in [5.41, 5.74) is 1.97. The van der Waals surface area contributed by atoms with Crippen molar-refractivity contribution < 1.29 is 14.3 Å². The molecule has 1 saturated heterocycles. The largest absolute Gasteiger partial charge is 0.497 e. The molecule has 182 valence electrons. The van der Waals surface area contributed by atoms with Gasteiger partial charge in [-0.2, -0.15) is 0 Å². The Morgan fingerprint density at radius 3 is 2.58 bits per heavy atom. The number of allylic oxidation sites excluding steroid dienone is 1. The van der Waals surface area contributed by atoms with Crippen LogP contribution in [-0.2, 0) is 4.79 Å². The van der Waals surface area contributed by atoms with E-state index >= 15 is 0 Å². The Morgan fingerprint density at radius 2 is 1.91 bits per heavy atom. The van der Waals surface area contributed by atoms with Crippen molar-refractivity contribution in [1.29, 1.82) is 0 Å². The fourth-order valence-corrected chi connectivity index (χ4v) is 4.99. The number of methoxy groups -OCH3 is 1. The molecule has 1 aromatic rings. The first kappa shape index (κ1) is 25.1. The summed E-state index contributed by atoms with van der Waals surface area (Å²) in [7, 11) is 3.71. The maximum Gasteiger partial charge on any atom is 0.319 e. The summed E-state index contributed by atoms with van der Waals surface area (Å²) in [5.74, 6) is 2.43. The first-order chi connectivity index (χ1) is 15.8. The molecular formula is C26H40N4O3. The van der Waals surface area contributed by atoms with Crippen LogP contribution in [0, 0.1) is 23.7 Å². The number of nitrogens with one attached hydrogen (secondary N) is 2. The molecule has 3 amide bonds. The van der Waals surface area contributed by atoms with Gasteiger partial charge in [0.25, 0.3) is 0 Å². The molecule has 3 rings (SSSR count). The van der Waals surface area contributed by atoms with Gasteiger partial charge in [-0.15, -0.1) is 0 Å². The van der Waals surface area contributed by atoms with E-state index in [-0.39, 0.29) is 23.8 Å². The minimum atomic E-state index is -0.218. The Kier molecular flexibility index (Phi) is 8.78. The summed E-state index contributed by atoms with van der Waals surface area (Å²) >= 11 is 0. The van der Waals surface area contributed by atoms with Gasteiger partial charge in [0.05, 0.1) is 7.11 Å². The van der Waals surface area contributed by atoms with E-state index in [2.05, 4.69) is 49.4 Å². The van der Waals surface area contributed by atoms with Crippen molar-refractivity contribution in [2.75, 3.05) is 52.2 Å². The monoisotopic (exact) mass is 456 g/mol. The van der Waals surface area contributed by atoms with Crippen molar-refractivity contribution in [3.8, 4) is 5.75 Å². The van der Waals surface area contributed by atoms with Crippen LogP contribution in [0.5, 0.6) is 5.75 Å². The predicted octanol–water partition coefficient (Wildman–Crippen LogP) is 3.84. The first-order valence-electron chi connectivity index (χ1n) is 12.1. The molecule has 3 atom stereocenters. The van der Waals surface area contributed by atoms with Crippen molar-refractivity contribution in [2.24, 2.45) is 23.7 Å². The number of hydrogen-bond acceptors (Lipinski definition) is 4. The summed E-state index contributed by atoms with van der Waals surface area (Å²) in [6, 6.07) is 7.11. The molecule has 1 aliphatic carbocycles. The lowest BCUT2D eigenvalue weighted by molar-refractivity contribution is -0.133. The van der Waals surface area contributed by atoms with E-state index in [4.69, 9.17) is 4.74 Å². The van der Waals surface area contributed by atoms with Gasteiger partial charge in [0.1, 0.15) is 5.75 Å². The number of amides is 3. The highest BCUT2D eigenvalue weighted by atomic mass is 16.5. The summed E-state index contributed by atoms with van der Waals surface area (Å²) in [4.78, 5) is 29.7. The number of rotatable bonds is 7. The van der Waals surface area contributed by atoms with Gasteiger partial charge in [-0.3, -0.25) is 4.79 Å². The minimum Gasteiger partial charge on any atom is -0.497 e. The molecule has 1 heterocycles. The predicted molar refractivity (Wildman–Crippen MR) is 132 cm³/mol. The van der Waals surface area contributed by atoms with E-state index < -0.39 is 0 Å². The highest BCUT2D eigenvalue weighted by molar-refractivity contribution is 5.89. The van der Waals surface area contributed by atoms with Crippen LogP contribution in [0.4, 0.5) is 10.5 Å². The molecule has 1 fully saturated rings. The van der Waals surface area contributed by atoms with Crippen LogP contribution in [0.3, 0.4) is 0 Å². The van der Waals surface area contributed by atoms with Crippen molar-refractivity contribution in [3.63, 3.8) is 0 Å². The van der Waals surface area contributed by atoms with Crippen molar-refractivity contribution in [1.82, 2.24) is 15.1 Å². The maximum absolute atomic E-state index is 12.9. The van der Waals surface area contributed by atoms with E-state index in [1.54, 1.807) is 13.2 Å². The summed E-state index contributed by atoms with van der Waals surface area (Å²) < 4.78 is 5.22. The molecule has 0 spiro atoms. The summed E-state index contributed by atoms with van der Waals surface area (Å²) in [6.07, 6.45) is 3.87. The first-order valence-corrected chi connectivity index (χ1v) is 12.1. The molecule has 0 aromatic heterocycles. The fourth-order valence-electron chi connectivity index (χ4n) is 4.99. The number of ether oxygens (including phenoxy) is 1. The Hall–Kier alpha value is -2.54. The normalized spacial score (nSPS) is 23.8. The molecule has 1 aromatic carbocycles. The lowest BCUT2D eigenvalue weighted by atomic mass is 9.69. The standard InChI is InChI=1S/C26H40N4O3/c1-18(2)24-14-20(15-25(31)30-11-9-29(4)10-12-30)19(3)13-21(24)17-27-26(32)28-22-7-6-8-23(16-22)33-5/h6-8,13,16,18,20-21,24H,9-12,14-15,17H2,1-5H3,(H2,27,28,32). The molecule has 2 N–H and O–H groups in total. The summed E-state index contributed by atoms with van der Waals surface area (Å²) in [6.45, 7) is 10.7. The Labute approximate surface area is 198 Å². The number of carbonyl (C=O) groups excluding carboxylic acids is 2. The zero-order chi connectivity index (χ0) is 24.0. The van der Waals surface area contributed by atoms with Crippen LogP contribution in [0.15, 0.2) is 35.9 Å². The van der Waals surface area contributed by atoms with Gasteiger partial charge in [0.2, 0.25) is 5.91 Å². The molecule has 7 nitrogen and oxygen atoms in total. The average Bonchev–Trinajstić information content (AvgIpc) is 2.79. The molecule has 3 unspecified atom stereocenters. The molecule has 0 bridgehead atoms. The zero-order valence-electron chi connectivity index (χ0n) is 20.8. The second kappa shape index (κ2) is 11.5. The van der Waals surface area contributed by atoms with Gasteiger partial charge in [-0.1, -0.05) is 31.6 Å². The van der Waals surface area contributed by atoms with E-state index in [1.807, 2.05) is 23.1 Å². The SMILES string of the molecule is COc1cccc(NC(=O)NCC2C=C(C)C(CC(=O)N3CCN(C)CC3)CC2C(C)C)c1. The number of anilines is 1. The number of likely N-dealkylation sites (N-methyl/N-ethyl adjacent to an activating group) is 1. The number of benzene rings is 1. The van der Waals surface area contributed by atoms with E-state index in [0.29, 0.717) is 36.2 Å². The molecule has 1 aliphatic heterocycles. The van der Waals surface area contributed by atoms with E-state index in [9.17, 15) is 9.59 Å². The van der Waals surface area contributed by atoms with Crippen LogP contribution >= 0.6 is 0 Å².